The van der Waals surface area contributed by atoms with Gasteiger partial charge in [0.2, 0.25) is 0 Å². The topological polar surface area (TPSA) is 21.3 Å². The molecule has 20 heavy (non-hydrogen) atoms. The fraction of sp³-hybridized carbons (Fsp3) is 0.556. The Bertz CT molecular complexity index is 441. The van der Waals surface area contributed by atoms with Crippen LogP contribution in [0.1, 0.15) is 51.0 Å². The maximum absolute atomic E-state index is 5.79. The van der Waals surface area contributed by atoms with E-state index in [2.05, 4.69) is 50.0 Å². The average Bonchev–Trinajstić information content (AvgIpc) is 2.50. The molecule has 0 bridgehead atoms. The fourth-order valence-corrected chi connectivity index (χ4v) is 2.93. The first-order chi connectivity index (χ1) is 9.76. The van der Waals surface area contributed by atoms with E-state index in [4.69, 9.17) is 4.74 Å². The van der Waals surface area contributed by atoms with E-state index in [0.717, 1.165) is 38.2 Å². The highest BCUT2D eigenvalue weighted by Crippen LogP contribution is 2.37. The Morgan fingerprint density at radius 2 is 2.20 bits per heavy atom. The molecule has 1 N–H and O–H groups in total. The monoisotopic (exact) mass is 273 g/mol. The van der Waals surface area contributed by atoms with Crippen LogP contribution in [-0.4, -0.2) is 19.2 Å². The SMILES string of the molecule is C=C(CC)CC(NCCC)C1CCOc2ccccc21. The minimum atomic E-state index is 0.479. The Kier molecular flexibility index (Phi) is 5.66. The van der Waals surface area contributed by atoms with Gasteiger partial charge in [0, 0.05) is 12.0 Å². The number of ether oxygens (including phenoxy) is 1. The van der Waals surface area contributed by atoms with Crippen LogP contribution in [0.15, 0.2) is 36.4 Å². The molecular formula is C18H27NO. The second-order valence-electron chi connectivity index (χ2n) is 5.65. The van der Waals surface area contributed by atoms with Gasteiger partial charge in [-0.25, -0.2) is 0 Å². The highest BCUT2D eigenvalue weighted by atomic mass is 16.5. The predicted molar refractivity (Wildman–Crippen MR) is 85.4 cm³/mol. The van der Waals surface area contributed by atoms with Crippen molar-refractivity contribution in [1.29, 1.82) is 0 Å². The van der Waals surface area contributed by atoms with Crippen molar-refractivity contribution in [2.75, 3.05) is 13.2 Å². The Morgan fingerprint density at radius 3 is 2.95 bits per heavy atom. The van der Waals surface area contributed by atoms with Crippen molar-refractivity contribution in [2.24, 2.45) is 0 Å². The fourth-order valence-electron chi connectivity index (χ4n) is 2.93. The lowest BCUT2D eigenvalue weighted by atomic mass is 9.83. The molecule has 0 radical (unpaired) electrons. The quantitative estimate of drug-likeness (QED) is 0.749. The standard InChI is InChI=1S/C18H27NO/c1-4-11-19-17(13-14(3)5-2)15-10-12-20-18-9-7-6-8-16(15)18/h6-9,15,17,19H,3-5,10-13H2,1-2H3. The highest BCUT2D eigenvalue weighted by molar-refractivity contribution is 5.39. The van der Waals surface area contributed by atoms with E-state index in [9.17, 15) is 0 Å². The first-order valence-corrected chi connectivity index (χ1v) is 7.88. The summed E-state index contributed by atoms with van der Waals surface area (Å²) in [6.45, 7) is 10.5. The third-order valence-electron chi connectivity index (χ3n) is 4.16. The third-order valence-corrected chi connectivity index (χ3v) is 4.16. The summed E-state index contributed by atoms with van der Waals surface area (Å²) in [6, 6.07) is 8.96. The van der Waals surface area contributed by atoms with Gasteiger partial charge in [-0.15, -0.1) is 0 Å². The van der Waals surface area contributed by atoms with Crippen LogP contribution >= 0.6 is 0 Å². The Morgan fingerprint density at radius 1 is 1.40 bits per heavy atom. The smallest absolute Gasteiger partial charge is 0.122 e. The van der Waals surface area contributed by atoms with Crippen LogP contribution in [0.3, 0.4) is 0 Å². The third kappa shape index (κ3) is 3.63. The lowest BCUT2D eigenvalue weighted by Gasteiger charge is -2.33. The molecule has 2 rings (SSSR count). The zero-order valence-corrected chi connectivity index (χ0v) is 12.8. The van der Waals surface area contributed by atoms with E-state index in [-0.39, 0.29) is 0 Å². The van der Waals surface area contributed by atoms with E-state index in [1.54, 1.807) is 0 Å². The van der Waals surface area contributed by atoms with Gasteiger partial charge < -0.3 is 10.1 Å². The van der Waals surface area contributed by atoms with Gasteiger partial charge in [0.05, 0.1) is 6.61 Å². The number of fused-ring (bicyclic) bond motifs is 1. The summed E-state index contributed by atoms with van der Waals surface area (Å²) in [5, 5.41) is 3.73. The van der Waals surface area contributed by atoms with Crippen LogP contribution in [0, 0.1) is 0 Å². The van der Waals surface area contributed by atoms with E-state index in [1.165, 1.54) is 17.6 Å². The molecule has 1 aliphatic heterocycles. The maximum atomic E-state index is 5.79. The Balaban J connectivity index is 2.18. The van der Waals surface area contributed by atoms with Crippen molar-refractivity contribution >= 4 is 0 Å². The molecule has 0 spiro atoms. The second-order valence-corrected chi connectivity index (χ2v) is 5.65. The van der Waals surface area contributed by atoms with Crippen molar-refractivity contribution in [2.45, 2.75) is 51.5 Å². The lowest BCUT2D eigenvalue weighted by Crippen LogP contribution is -2.38. The first kappa shape index (κ1) is 15.1. The first-order valence-electron chi connectivity index (χ1n) is 7.88. The largest absolute Gasteiger partial charge is 0.493 e. The maximum Gasteiger partial charge on any atom is 0.122 e. The van der Waals surface area contributed by atoms with Crippen LogP contribution in [0.25, 0.3) is 0 Å². The van der Waals surface area contributed by atoms with Gasteiger partial charge in [0.1, 0.15) is 5.75 Å². The van der Waals surface area contributed by atoms with E-state index >= 15 is 0 Å². The summed E-state index contributed by atoms with van der Waals surface area (Å²) >= 11 is 0. The average molecular weight is 273 g/mol. The summed E-state index contributed by atoms with van der Waals surface area (Å²) in [5.74, 6) is 1.60. The van der Waals surface area contributed by atoms with Gasteiger partial charge in [-0.2, -0.15) is 0 Å². The molecule has 2 heteroatoms. The molecule has 1 heterocycles. The lowest BCUT2D eigenvalue weighted by molar-refractivity contribution is 0.244. The molecule has 0 saturated carbocycles. The summed E-state index contributed by atoms with van der Waals surface area (Å²) in [5.41, 5.74) is 2.69. The van der Waals surface area contributed by atoms with Crippen LogP contribution in [0.4, 0.5) is 0 Å². The summed E-state index contributed by atoms with van der Waals surface area (Å²) in [4.78, 5) is 0. The molecule has 0 amide bonds. The van der Waals surface area contributed by atoms with Crippen molar-refractivity contribution in [1.82, 2.24) is 5.32 Å². The molecule has 0 aliphatic carbocycles. The molecule has 1 aliphatic rings. The van der Waals surface area contributed by atoms with E-state index < -0.39 is 0 Å². The molecule has 2 unspecified atom stereocenters. The van der Waals surface area contributed by atoms with E-state index in [1.807, 2.05) is 0 Å². The summed E-state index contributed by atoms with van der Waals surface area (Å²) in [6.07, 6.45) is 4.39. The molecular weight excluding hydrogens is 246 g/mol. The molecule has 0 fully saturated rings. The van der Waals surface area contributed by atoms with Crippen LogP contribution in [-0.2, 0) is 0 Å². The zero-order valence-electron chi connectivity index (χ0n) is 12.8. The van der Waals surface area contributed by atoms with Gasteiger partial charge in [-0.05, 0) is 43.9 Å². The predicted octanol–water partition coefficient (Wildman–Crippen LogP) is 4.28. The van der Waals surface area contributed by atoms with Gasteiger partial charge in [-0.3, -0.25) is 0 Å². The number of hydrogen-bond donors (Lipinski definition) is 1. The Labute approximate surface area is 123 Å². The number of nitrogens with one attached hydrogen (secondary N) is 1. The number of benzene rings is 1. The Hall–Kier alpha value is -1.28. The molecule has 1 aromatic rings. The molecule has 0 aromatic heterocycles. The molecule has 2 atom stereocenters. The van der Waals surface area contributed by atoms with Gasteiger partial charge in [0.15, 0.2) is 0 Å². The van der Waals surface area contributed by atoms with Gasteiger partial charge >= 0.3 is 0 Å². The van der Waals surface area contributed by atoms with Crippen LogP contribution in [0.5, 0.6) is 5.75 Å². The van der Waals surface area contributed by atoms with Crippen molar-refractivity contribution < 1.29 is 4.74 Å². The zero-order chi connectivity index (χ0) is 14.4. The normalized spacial score (nSPS) is 19.0. The molecule has 1 aromatic carbocycles. The van der Waals surface area contributed by atoms with Gasteiger partial charge in [-0.1, -0.05) is 44.2 Å². The summed E-state index contributed by atoms with van der Waals surface area (Å²) in [7, 11) is 0. The van der Waals surface area contributed by atoms with Gasteiger partial charge in [0.25, 0.3) is 0 Å². The summed E-state index contributed by atoms with van der Waals surface area (Å²) < 4.78 is 5.79. The minimum Gasteiger partial charge on any atom is -0.493 e. The minimum absolute atomic E-state index is 0.479. The van der Waals surface area contributed by atoms with Crippen molar-refractivity contribution in [3.05, 3.63) is 42.0 Å². The second kappa shape index (κ2) is 7.49. The van der Waals surface area contributed by atoms with Crippen molar-refractivity contribution in [3.63, 3.8) is 0 Å². The molecule has 110 valence electrons. The van der Waals surface area contributed by atoms with Crippen molar-refractivity contribution in [3.8, 4) is 5.75 Å². The number of rotatable bonds is 7. The van der Waals surface area contributed by atoms with Crippen LogP contribution < -0.4 is 10.1 Å². The highest BCUT2D eigenvalue weighted by Gasteiger charge is 2.28. The van der Waals surface area contributed by atoms with E-state index in [0.29, 0.717) is 12.0 Å². The number of hydrogen-bond acceptors (Lipinski definition) is 2. The molecule has 2 nitrogen and oxygen atoms in total. The van der Waals surface area contributed by atoms with Crippen LogP contribution in [0.2, 0.25) is 0 Å². The molecule has 0 saturated heterocycles. The number of para-hydroxylation sites is 1.